The largest absolute Gasteiger partial charge is 0.481 e. The van der Waals surface area contributed by atoms with E-state index in [2.05, 4.69) is 10.6 Å². The molecule has 5 nitrogen and oxygen atoms in total. The van der Waals surface area contributed by atoms with Gasteiger partial charge in [-0.15, -0.1) is 0 Å². The van der Waals surface area contributed by atoms with Gasteiger partial charge in [0.25, 0.3) is 0 Å². The number of urea groups is 1. The minimum atomic E-state index is -1.04. The molecule has 0 aromatic heterocycles. The number of amides is 2. The van der Waals surface area contributed by atoms with Crippen molar-refractivity contribution in [3.05, 3.63) is 29.8 Å². The van der Waals surface area contributed by atoms with E-state index in [4.69, 9.17) is 5.11 Å². The number of carboxylic acid groups (broad SMARTS) is 1. The molecule has 0 fully saturated rings. The predicted molar refractivity (Wildman–Crippen MR) is 69.5 cm³/mol. The van der Waals surface area contributed by atoms with E-state index in [-0.39, 0.29) is 18.2 Å². The molecule has 1 rings (SSSR count). The van der Waals surface area contributed by atoms with Gasteiger partial charge in [-0.25, -0.2) is 13.6 Å². The summed E-state index contributed by atoms with van der Waals surface area (Å²) < 4.78 is 25.6. The van der Waals surface area contributed by atoms with Crippen LogP contribution in [-0.4, -0.2) is 23.1 Å². The van der Waals surface area contributed by atoms with Gasteiger partial charge < -0.3 is 15.7 Å². The zero-order valence-electron chi connectivity index (χ0n) is 11.0. The molecular weight excluding hydrogens is 270 g/mol. The smallest absolute Gasteiger partial charge is 0.319 e. The average molecular weight is 286 g/mol. The Balaban J connectivity index is 2.38. The van der Waals surface area contributed by atoms with Crippen LogP contribution in [0.1, 0.15) is 26.2 Å². The second-order valence-corrected chi connectivity index (χ2v) is 4.41. The van der Waals surface area contributed by atoms with E-state index in [1.54, 1.807) is 6.92 Å². The SMILES string of the molecule is CC(CCCC(=O)O)NC(=O)Nc1ccc(F)c(F)c1. The van der Waals surface area contributed by atoms with Crippen LogP contribution >= 0.6 is 0 Å². The summed E-state index contributed by atoms with van der Waals surface area (Å²) in [6.07, 6.45) is 0.996. The number of nitrogens with one attached hydrogen (secondary N) is 2. The Labute approximate surface area is 115 Å². The maximum absolute atomic E-state index is 12.9. The predicted octanol–water partition coefficient (Wildman–Crippen LogP) is 2.73. The molecule has 1 aromatic carbocycles. The molecule has 20 heavy (non-hydrogen) atoms. The minimum absolute atomic E-state index is 0.0385. The fraction of sp³-hybridized carbons (Fsp3) is 0.385. The van der Waals surface area contributed by atoms with E-state index in [9.17, 15) is 18.4 Å². The molecule has 0 bridgehead atoms. The van der Waals surface area contributed by atoms with Crippen LogP contribution < -0.4 is 10.6 Å². The number of carboxylic acids is 1. The van der Waals surface area contributed by atoms with E-state index in [1.165, 1.54) is 6.07 Å². The quantitative estimate of drug-likeness (QED) is 0.752. The highest BCUT2D eigenvalue weighted by atomic mass is 19.2. The number of benzene rings is 1. The first-order chi connectivity index (χ1) is 9.38. The van der Waals surface area contributed by atoms with Crippen LogP contribution in [0.5, 0.6) is 0 Å². The highest BCUT2D eigenvalue weighted by molar-refractivity contribution is 5.89. The van der Waals surface area contributed by atoms with Gasteiger partial charge >= 0.3 is 12.0 Å². The zero-order chi connectivity index (χ0) is 15.1. The van der Waals surface area contributed by atoms with Crippen molar-refractivity contribution >= 4 is 17.7 Å². The van der Waals surface area contributed by atoms with Gasteiger partial charge in [-0.05, 0) is 31.9 Å². The summed E-state index contributed by atoms with van der Waals surface area (Å²) in [5.41, 5.74) is 0.138. The van der Waals surface area contributed by atoms with Crippen LogP contribution in [0.15, 0.2) is 18.2 Å². The van der Waals surface area contributed by atoms with Crippen LogP contribution in [0.25, 0.3) is 0 Å². The van der Waals surface area contributed by atoms with Crippen molar-refractivity contribution in [1.29, 1.82) is 0 Å². The zero-order valence-corrected chi connectivity index (χ0v) is 11.0. The second kappa shape index (κ2) is 7.42. The number of halogens is 2. The van der Waals surface area contributed by atoms with Crippen LogP contribution in [0.3, 0.4) is 0 Å². The number of aliphatic carboxylic acids is 1. The van der Waals surface area contributed by atoms with Crippen molar-refractivity contribution in [2.24, 2.45) is 0 Å². The third kappa shape index (κ3) is 5.64. The van der Waals surface area contributed by atoms with E-state index in [0.29, 0.717) is 12.8 Å². The molecule has 110 valence electrons. The first-order valence-electron chi connectivity index (χ1n) is 6.13. The Kier molecular flexibility index (Phi) is 5.89. The van der Waals surface area contributed by atoms with Crippen molar-refractivity contribution < 1.29 is 23.5 Å². The Morgan fingerprint density at radius 2 is 2.00 bits per heavy atom. The summed E-state index contributed by atoms with van der Waals surface area (Å²) >= 11 is 0. The Hall–Kier alpha value is -2.18. The van der Waals surface area contributed by atoms with Gasteiger partial charge in [0, 0.05) is 24.2 Å². The summed E-state index contributed by atoms with van der Waals surface area (Å²) in [4.78, 5) is 21.9. The first kappa shape index (κ1) is 15.9. The first-order valence-corrected chi connectivity index (χ1v) is 6.13. The molecule has 2 amide bonds. The van der Waals surface area contributed by atoms with Crippen molar-refractivity contribution in [2.75, 3.05) is 5.32 Å². The van der Waals surface area contributed by atoms with E-state index >= 15 is 0 Å². The molecule has 0 radical (unpaired) electrons. The van der Waals surface area contributed by atoms with Crippen LogP contribution in [0.2, 0.25) is 0 Å². The molecule has 0 saturated carbocycles. The van der Waals surface area contributed by atoms with Crippen molar-refractivity contribution in [3.63, 3.8) is 0 Å². The third-order valence-electron chi connectivity index (χ3n) is 2.58. The average Bonchev–Trinajstić information content (AvgIpc) is 2.33. The van der Waals surface area contributed by atoms with Gasteiger partial charge in [0.05, 0.1) is 0 Å². The van der Waals surface area contributed by atoms with Gasteiger partial charge in [0.1, 0.15) is 0 Å². The molecular formula is C13H16F2N2O3. The lowest BCUT2D eigenvalue weighted by Crippen LogP contribution is -2.36. The lowest BCUT2D eigenvalue weighted by atomic mass is 10.1. The van der Waals surface area contributed by atoms with Gasteiger partial charge in [-0.2, -0.15) is 0 Å². The molecule has 7 heteroatoms. The topological polar surface area (TPSA) is 78.4 Å². The third-order valence-corrected chi connectivity index (χ3v) is 2.58. The molecule has 0 aliphatic rings. The summed E-state index contributed by atoms with van der Waals surface area (Å²) in [6.45, 7) is 1.73. The Morgan fingerprint density at radius 3 is 2.60 bits per heavy atom. The highest BCUT2D eigenvalue weighted by Gasteiger charge is 2.09. The second-order valence-electron chi connectivity index (χ2n) is 4.41. The molecule has 1 atom stereocenters. The summed E-state index contributed by atoms with van der Waals surface area (Å²) in [5.74, 6) is -2.92. The van der Waals surface area contributed by atoms with Gasteiger partial charge in [-0.3, -0.25) is 4.79 Å². The number of carbonyl (C=O) groups is 2. The summed E-state index contributed by atoms with van der Waals surface area (Å²) in [5, 5.41) is 13.4. The van der Waals surface area contributed by atoms with Gasteiger partial charge in [-0.1, -0.05) is 0 Å². The summed E-state index contributed by atoms with van der Waals surface area (Å²) in [7, 11) is 0. The molecule has 3 N–H and O–H groups in total. The number of hydrogen-bond acceptors (Lipinski definition) is 2. The molecule has 0 heterocycles. The number of rotatable bonds is 6. The molecule has 0 aliphatic heterocycles. The maximum atomic E-state index is 12.9. The Bertz CT molecular complexity index is 495. The maximum Gasteiger partial charge on any atom is 0.319 e. The van der Waals surface area contributed by atoms with Crippen molar-refractivity contribution in [3.8, 4) is 0 Å². The number of hydrogen-bond donors (Lipinski definition) is 3. The lowest BCUT2D eigenvalue weighted by Gasteiger charge is -2.14. The number of anilines is 1. The highest BCUT2D eigenvalue weighted by Crippen LogP contribution is 2.13. The minimum Gasteiger partial charge on any atom is -0.481 e. The lowest BCUT2D eigenvalue weighted by molar-refractivity contribution is -0.137. The molecule has 1 unspecified atom stereocenters. The molecule has 0 spiro atoms. The fourth-order valence-electron chi connectivity index (χ4n) is 1.60. The van der Waals surface area contributed by atoms with E-state index < -0.39 is 23.6 Å². The molecule has 1 aromatic rings. The van der Waals surface area contributed by atoms with Crippen LogP contribution in [0.4, 0.5) is 19.3 Å². The van der Waals surface area contributed by atoms with Crippen LogP contribution in [0, 0.1) is 11.6 Å². The van der Waals surface area contributed by atoms with Crippen molar-refractivity contribution in [1.82, 2.24) is 5.32 Å². The number of carbonyl (C=O) groups excluding carboxylic acids is 1. The monoisotopic (exact) mass is 286 g/mol. The Morgan fingerprint density at radius 1 is 1.30 bits per heavy atom. The van der Waals surface area contributed by atoms with Crippen LogP contribution in [-0.2, 0) is 4.79 Å². The normalized spacial score (nSPS) is 11.8. The summed E-state index contributed by atoms with van der Waals surface area (Å²) in [6, 6.07) is 2.26. The molecule has 0 aliphatic carbocycles. The fourth-order valence-corrected chi connectivity index (χ4v) is 1.60. The van der Waals surface area contributed by atoms with Gasteiger partial charge in [0.2, 0.25) is 0 Å². The van der Waals surface area contributed by atoms with Gasteiger partial charge in [0.15, 0.2) is 11.6 Å². The standard InChI is InChI=1S/C13H16F2N2O3/c1-8(3-2-4-12(18)19)16-13(20)17-9-5-6-10(14)11(15)7-9/h5-8H,2-4H2,1H3,(H,18,19)(H2,16,17,20). The van der Waals surface area contributed by atoms with E-state index in [0.717, 1.165) is 12.1 Å². The molecule has 0 saturated heterocycles. The van der Waals surface area contributed by atoms with Crippen molar-refractivity contribution in [2.45, 2.75) is 32.2 Å². The van der Waals surface area contributed by atoms with E-state index in [1.807, 2.05) is 0 Å².